The second-order valence-electron chi connectivity index (χ2n) is 4.92. The fourth-order valence-electron chi connectivity index (χ4n) is 1.76. The van der Waals surface area contributed by atoms with Gasteiger partial charge in [-0.3, -0.25) is 9.59 Å². The van der Waals surface area contributed by atoms with Crippen molar-refractivity contribution >= 4 is 45.7 Å². The molecule has 2 N–H and O–H groups in total. The van der Waals surface area contributed by atoms with Crippen LogP contribution < -0.4 is 10.6 Å². The Morgan fingerprint density at radius 3 is 2.52 bits per heavy atom. The standard InChI is InChI=1S/C15H18N4O2S2/c1-4-12(13(21)17-11-7-5-9(2)6-8-11)22-15-19-18-14(23-15)16-10(3)20/h5-8,12H,4H2,1-3H3,(H,17,21)(H,16,18,20)/t12-/m1/s1. The van der Waals surface area contributed by atoms with Gasteiger partial charge >= 0.3 is 0 Å². The zero-order valence-corrected chi connectivity index (χ0v) is 14.8. The summed E-state index contributed by atoms with van der Waals surface area (Å²) >= 11 is 2.61. The number of aromatic nitrogens is 2. The van der Waals surface area contributed by atoms with Crippen molar-refractivity contribution in [2.75, 3.05) is 10.6 Å². The fraction of sp³-hybridized carbons (Fsp3) is 0.333. The molecule has 0 fully saturated rings. The number of amides is 2. The lowest BCUT2D eigenvalue weighted by Crippen LogP contribution is -2.24. The van der Waals surface area contributed by atoms with Gasteiger partial charge in [0.1, 0.15) is 0 Å². The van der Waals surface area contributed by atoms with Crippen LogP contribution in [0.15, 0.2) is 28.6 Å². The summed E-state index contributed by atoms with van der Waals surface area (Å²) < 4.78 is 0.652. The molecule has 122 valence electrons. The Labute approximate surface area is 143 Å². The van der Waals surface area contributed by atoms with E-state index in [1.54, 1.807) is 0 Å². The zero-order chi connectivity index (χ0) is 16.8. The number of nitrogens with one attached hydrogen (secondary N) is 2. The van der Waals surface area contributed by atoms with Crippen molar-refractivity contribution in [2.45, 2.75) is 36.8 Å². The third-order valence-corrected chi connectivity index (χ3v) is 5.20. The van der Waals surface area contributed by atoms with Crippen molar-refractivity contribution in [3.05, 3.63) is 29.8 Å². The van der Waals surface area contributed by atoms with Gasteiger partial charge in [0.05, 0.1) is 5.25 Å². The number of thioether (sulfide) groups is 1. The number of aryl methyl sites for hydroxylation is 1. The number of carbonyl (C=O) groups is 2. The molecule has 1 aromatic carbocycles. The first-order valence-corrected chi connectivity index (χ1v) is 8.83. The summed E-state index contributed by atoms with van der Waals surface area (Å²) in [5.41, 5.74) is 1.92. The first-order chi connectivity index (χ1) is 11.0. The molecule has 2 rings (SSSR count). The van der Waals surface area contributed by atoms with E-state index in [-0.39, 0.29) is 17.1 Å². The molecule has 0 spiro atoms. The zero-order valence-electron chi connectivity index (χ0n) is 13.1. The molecule has 2 aromatic rings. The highest BCUT2D eigenvalue weighted by Crippen LogP contribution is 2.31. The van der Waals surface area contributed by atoms with E-state index in [4.69, 9.17) is 0 Å². The van der Waals surface area contributed by atoms with Crippen LogP contribution in [0.2, 0.25) is 0 Å². The summed E-state index contributed by atoms with van der Waals surface area (Å²) in [6.45, 7) is 5.36. The fourth-order valence-corrected chi connectivity index (χ4v) is 3.73. The van der Waals surface area contributed by atoms with Crippen LogP contribution in [0, 0.1) is 6.92 Å². The molecular formula is C15H18N4O2S2. The predicted molar refractivity (Wildman–Crippen MR) is 94.0 cm³/mol. The molecular weight excluding hydrogens is 332 g/mol. The van der Waals surface area contributed by atoms with Gasteiger partial charge in [-0.2, -0.15) is 0 Å². The van der Waals surface area contributed by atoms with Gasteiger partial charge in [-0.15, -0.1) is 10.2 Å². The van der Waals surface area contributed by atoms with Gasteiger partial charge in [0.2, 0.25) is 16.9 Å². The summed E-state index contributed by atoms with van der Waals surface area (Å²) in [5.74, 6) is -0.264. The molecule has 0 aliphatic carbocycles. The molecule has 8 heteroatoms. The molecule has 0 saturated heterocycles. The Hall–Kier alpha value is -1.93. The highest BCUT2D eigenvalue weighted by Gasteiger charge is 2.20. The first kappa shape index (κ1) is 17.4. The largest absolute Gasteiger partial charge is 0.325 e. The Balaban J connectivity index is 1.98. The van der Waals surface area contributed by atoms with Crippen LogP contribution in [0.4, 0.5) is 10.8 Å². The summed E-state index contributed by atoms with van der Waals surface area (Å²) in [7, 11) is 0. The van der Waals surface area contributed by atoms with Crippen LogP contribution in [-0.2, 0) is 9.59 Å². The lowest BCUT2D eigenvalue weighted by atomic mass is 10.2. The number of carbonyl (C=O) groups excluding carboxylic acids is 2. The molecule has 1 heterocycles. The highest BCUT2D eigenvalue weighted by atomic mass is 32.2. The Bertz CT molecular complexity index is 685. The molecule has 2 amide bonds. The molecule has 1 atom stereocenters. The van der Waals surface area contributed by atoms with Crippen LogP contribution in [0.25, 0.3) is 0 Å². The number of hydrogen-bond acceptors (Lipinski definition) is 6. The van der Waals surface area contributed by atoms with Gasteiger partial charge in [0.25, 0.3) is 0 Å². The van der Waals surface area contributed by atoms with E-state index in [0.29, 0.717) is 15.9 Å². The van der Waals surface area contributed by atoms with E-state index >= 15 is 0 Å². The third kappa shape index (κ3) is 5.33. The Morgan fingerprint density at radius 2 is 1.91 bits per heavy atom. The van der Waals surface area contributed by atoms with E-state index in [2.05, 4.69) is 20.8 Å². The van der Waals surface area contributed by atoms with Crippen LogP contribution in [0.5, 0.6) is 0 Å². The van der Waals surface area contributed by atoms with Crippen LogP contribution in [-0.4, -0.2) is 27.3 Å². The number of nitrogens with zero attached hydrogens (tertiary/aromatic N) is 2. The van der Waals surface area contributed by atoms with Gasteiger partial charge in [-0.1, -0.05) is 47.7 Å². The van der Waals surface area contributed by atoms with E-state index in [1.165, 1.54) is 30.0 Å². The van der Waals surface area contributed by atoms with Crippen molar-refractivity contribution in [2.24, 2.45) is 0 Å². The second-order valence-corrected chi connectivity index (χ2v) is 7.35. The maximum Gasteiger partial charge on any atom is 0.237 e. The molecule has 0 aliphatic rings. The number of benzene rings is 1. The Morgan fingerprint density at radius 1 is 1.22 bits per heavy atom. The van der Waals surface area contributed by atoms with E-state index < -0.39 is 0 Å². The van der Waals surface area contributed by atoms with Crippen molar-refractivity contribution in [3.8, 4) is 0 Å². The van der Waals surface area contributed by atoms with Crippen molar-refractivity contribution in [3.63, 3.8) is 0 Å². The molecule has 23 heavy (non-hydrogen) atoms. The van der Waals surface area contributed by atoms with Gasteiger partial charge in [-0.05, 0) is 25.5 Å². The number of rotatable bonds is 6. The average Bonchev–Trinajstić information content (AvgIpc) is 2.93. The second kappa shape index (κ2) is 8.07. The van der Waals surface area contributed by atoms with Crippen LogP contribution >= 0.6 is 23.1 Å². The first-order valence-electron chi connectivity index (χ1n) is 7.13. The lowest BCUT2D eigenvalue weighted by Gasteiger charge is -2.13. The van der Waals surface area contributed by atoms with E-state index in [0.717, 1.165) is 11.3 Å². The van der Waals surface area contributed by atoms with Gasteiger partial charge < -0.3 is 10.6 Å². The highest BCUT2D eigenvalue weighted by molar-refractivity contribution is 8.02. The lowest BCUT2D eigenvalue weighted by molar-refractivity contribution is -0.116. The number of anilines is 2. The van der Waals surface area contributed by atoms with E-state index in [1.807, 2.05) is 38.1 Å². The molecule has 0 aliphatic heterocycles. The topological polar surface area (TPSA) is 84.0 Å². The predicted octanol–water partition coefficient (Wildman–Crippen LogP) is 3.31. The number of hydrogen-bond donors (Lipinski definition) is 2. The monoisotopic (exact) mass is 350 g/mol. The molecule has 6 nitrogen and oxygen atoms in total. The maximum atomic E-state index is 12.4. The summed E-state index contributed by atoms with van der Waals surface area (Å²) in [5, 5.41) is 13.5. The maximum absolute atomic E-state index is 12.4. The minimum Gasteiger partial charge on any atom is -0.325 e. The van der Waals surface area contributed by atoms with Crippen LogP contribution in [0.1, 0.15) is 25.8 Å². The molecule has 0 bridgehead atoms. The van der Waals surface area contributed by atoms with Gasteiger partial charge in [0, 0.05) is 12.6 Å². The normalized spacial score (nSPS) is 11.8. The van der Waals surface area contributed by atoms with Gasteiger partial charge in [0.15, 0.2) is 4.34 Å². The minimum atomic E-state index is -0.269. The van der Waals surface area contributed by atoms with Crippen molar-refractivity contribution < 1.29 is 9.59 Å². The molecule has 0 radical (unpaired) electrons. The Kier molecular flexibility index (Phi) is 6.12. The van der Waals surface area contributed by atoms with E-state index in [9.17, 15) is 9.59 Å². The summed E-state index contributed by atoms with van der Waals surface area (Å²) in [6, 6.07) is 7.66. The minimum absolute atomic E-state index is 0.0716. The quantitative estimate of drug-likeness (QED) is 0.617. The molecule has 0 unspecified atom stereocenters. The van der Waals surface area contributed by atoms with Gasteiger partial charge in [-0.25, -0.2) is 0 Å². The third-order valence-electron chi connectivity index (χ3n) is 2.91. The summed E-state index contributed by atoms with van der Waals surface area (Å²) in [6.07, 6.45) is 0.664. The molecule has 1 aromatic heterocycles. The summed E-state index contributed by atoms with van der Waals surface area (Å²) in [4.78, 5) is 23.4. The SMILES string of the molecule is CC[C@@H](Sc1nnc(NC(C)=O)s1)C(=O)Nc1ccc(C)cc1. The smallest absolute Gasteiger partial charge is 0.237 e. The van der Waals surface area contributed by atoms with Crippen molar-refractivity contribution in [1.82, 2.24) is 10.2 Å². The van der Waals surface area contributed by atoms with Crippen LogP contribution in [0.3, 0.4) is 0 Å². The molecule has 0 saturated carbocycles. The average molecular weight is 350 g/mol. The van der Waals surface area contributed by atoms with Crippen molar-refractivity contribution in [1.29, 1.82) is 0 Å².